The first-order valence-corrected chi connectivity index (χ1v) is 12.8. The summed E-state index contributed by atoms with van der Waals surface area (Å²) in [5.74, 6) is -0.576. The molecule has 36 heavy (non-hydrogen) atoms. The van der Waals surface area contributed by atoms with Gasteiger partial charge >= 0.3 is 0 Å². The van der Waals surface area contributed by atoms with Crippen LogP contribution in [0.5, 0.6) is 0 Å². The number of aryl methyl sites for hydroxylation is 1. The Hall–Kier alpha value is -3.44. The fourth-order valence-electron chi connectivity index (χ4n) is 5.45. The number of aromatic nitrogens is 1. The van der Waals surface area contributed by atoms with Crippen molar-refractivity contribution < 1.29 is 9.59 Å². The number of ketones is 1. The fraction of sp³-hybridized carbons (Fsp3) is 0.300. The molecule has 2 aromatic carbocycles. The van der Waals surface area contributed by atoms with E-state index < -0.39 is 5.92 Å². The van der Waals surface area contributed by atoms with Gasteiger partial charge in [-0.1, -0.05) is 47.5 Å². The molecule has 1 amide bonds. The first kappa shape index (κ1) is 24.3. The molecule has 6 heteroatoms. The summed E-state index contributed by atoms with van der Waals surface area (Å²) in [6.45, 7) is 0. The zero-order valence-electron chi connectivity index (χ0n) is 20.4. The van der Waals surface area contributed by atoms with Gasteiger partial charge in [0, 0.05) is 48.3 Å². The third-order valence-corrected chi connectivity index (χ3v) is 7.55. The van der Waals surface area contributed by atoms with Crippen molar-refractivity contribution >= 4 is 34.6 Å². The standard InChI is InChI=1S/C30H29ClN2O3/c1-33(25-11-9-24(31)10-12-25)30(36)23-15-20-6-2-4-19(14-20)5-3-7-21-16-22-8-13-28(35)32-29(22)27(21)18-26(34)17-23/h2,4,6,8-14,23H,3,5,7,15-18H2,1H3,(H,32,35)/t23-/m1/s1. The monoisotopic (exact) mass is 500 g/mol. The number of Topliss-reactive ketones (excluding diaryl/α,β-unsaturated/α-hetero) is 1. The Morgan fingerprint density at radius 1 is 0.944 bits per heavy atom. The van der Waals surface area contributed by atoms with Gasteiger partial charge in [0.05, 0.1) is 0 Å². The lowest BCUT2D eigenvalue weighted by atomic mass is 9.90. The first-order chi connectivity index (χ1) is 17.4. The van der Waals surface area contributed by atoms with Crippen molar-refractivity contribution in [2.75, 3.05) is 11.9 Å². The lowest BCUT2D eigenvalue weighted by Gasteiger charge is -2.24. The maximum atomic E-state index is 13.7. The molecule has 0 unspecified atom stereocenters. The van der Waals surface area contributed by atoms with Gasteiger partial charge in [0.25, 0.3) is 0 Å². The summed E-state index contributed by atoms with van der Waals surface area (Å²) in [4.78, 5) is 43.8. The summed E-state index contributed by atoms with van der Waals surface area (Å²) in [5, 5.41) is 0.604. The number of fused-ring (bicyclic) bond motifs is 4. The number of allylic oxidation sites excluding steroid dienone is 2. The Morgan fingerprint density at radius 2 is 1.72 bits per heavy atom. The molecule has 1 heterocycles. The maximum absolute atomic E-state index is 13.7. The van der Waals surface area contributed by atoms with Gasteiger partial charge in [0.15, 0.2) is 0 Å². The smallest absolute Gasteiger partial charge is 0.248 e. The van der Waals surface area contributed by atoms with E-state index in [1.165, 1.54) is 11.1 Å². The molecule has 184 valence electrons. The largest absolute Gasteiger partial charge is 0.322 e. The summed E-state index contributed by atoms with van der Waals surface area (Å²) in [7, 11) is 1.74. The maximum Gasteiger partial charge on any atom is 0.248 e. The van der Waals surface area contributed by atoms with Crippen LogP contribution >= 0.6 is 11.6 Å². The van der Waals surface area contributed by atoms with E-state index in [4.69, 9.17) is 11.6 Å². The molecule has 0 radical (unpaired) electrons. The van der Waals surface area contributed by atoms with Crippen LogP contribution in [-0.2, 0) is 28.9 Å². The number of amides is 1. The summed E-state index contributed by atoms with van der Waals surface area (Å²) in [5.41, 5.74) is 6.90. The van der Waals surface area contributed by atoms with Crippen molar-refractivity contribution in [3.8, 4) is 0 Å². The van der Waals surface area contributed by atoms with Crippen LogP contribution in [0.2, 0.25) is 5.02 Å². The van der Waals surface area contributed by atoms with Crippen molar-refractivity contribution in [2.45, 2.75) is 44.9 Å². The van der Waals surface area contributed by atoms with Crippen LogP contribution in [0, 0.1) is 5.92 Å². The Bertz CT molecular complexity index is 1400. The number of pyridine rings is 1. The number of benzene rings is 2. The van der Waals surface area contributed by atoms with Crippen LogP contribution in [0.4, 0.5) is 5.69 Å². The van der Waals surface area contributed by atoms with Crippen LogP contribution in [0.15, 0.2) is 71.0 Å². The van der Waals surface area contributed by atoms with Gasteiger partial charge in [-0.25, -0.2) is 0 Å². The lowest BCUT2D eigenvalue weighted by molar-refractivity contribution is -0.127. The first-order valence-electron chi connectivity index (χ1n) is 12.4. The fourth-order valence-corrected chi connectivity index (χ4v) is 5.57. The number of nitrogens with one attached hydrogen (secondary N) is 1. The van der Waals surface area contributed by atoms with E-state index in [2.05, 4.69) is 17.1 Å². The molecule has 5 nitrogen and oxygen atoms in total. The molecule has 0 spiro atoms. The van der Waals surface area contributed by atoms with Crippen molar-refractivity contribution in [2.24, 2.45) is 5.92 Å². The van der Waals surface area contributed by atoms with Gasteiger partial charge in [0.2, 0.25) is 11.5 Å². The average molecular weight is 501 g/mol. The van der Waals surface area contributed by atoms with Gasteiger partial charge in [-0.15, -0.1) is 0 Å². The normalized spacial score (nSPS) is 17.9. The van der Waals surface area contributed by atoms with E-state index >= 15 is 0 Å². The van der Waals surface area contributed by atoms with E-state index in [1.807, 2.05) is 30.3 Å². The predicted octanol–water partition coefficient (Wildman–Crippen LogP) is 5.55. The predicted molar refractivity (Wildman–Crippen MR) is 143 cm³/mol. The van der Waals surface area contributed by atoms with Crippen molar-refractivity contribution in [1.82, 2.24) is 4.98 Å². The molecule has 3 aromatic rings. The minimum atomic E-state index is -0.492. The van der Waals surface area contributed by atoms with E-state index in [-0.39, 0.29) is 30.1 Å². The third kappa shape index (κ3) is 5.21. The molecule has 0 saturated heterocycles. The zero-order valence-corrected chi connectivity index (χ0v) is 21.1. The van der Waals surface area contributed by atoms with Gasteiger partial charge in [-0.05, 0) is 78.6 Å². The molecule has 2 aliphatic carbocycles. The lowest BCUT2D eigenvalue weighted by Crippen LogP contribution is -2.35. The van der Waals surface area contributed by atoms with Crippen molar-refractivity contribution in [1.29, 1.82) is 0 Å². The van der Waals surface area contributed by atoms with E-state index in [0.717, 1.165) is 53.8 Å². The van der Waals surface area contributed by atoms with E-state index in [1.54, 1.807) is 30.1 Å². The number of hydrogen-bond acceptors (Lipinski definition) is 3. The van der Waals surface area contributed by atoms with Crippen LogP contribution in [-0.4, -0.2) is 23.7 Å². The van der Waals surface area contributed by atoms with Crippen molar-refractivity contribution in [3.63, 3.8) is 0 Å². The quantitative estimate of drug-likeness (QED) is 0.502. The number of carbonyl (C=O) groups excluding carboxylic acids is 2. The second kappa shape index (κ2) is 10.3. The number of rotatable bonds is 2. The molecular formula is C30H29ClN2O3. The second-order valence-corrected chi connectivity index (χ2v) is 10.3. The number of anilines is 1. The highest BCUT2D eigenvalue weighted by atomic mass is 35.5. The number of halogens is 1. The summed E-state index contributed by atoms with van der Waals surface area (Å²) >= 11 is 6.03. The Labute approximate surface area is 215 Å². The minimum absolute atomic E-state index is 0.0123. The summed E-state index contributed by atoms with van der Waals surface area (Å²) in [6.07, 6.45) is 4.40. The number of aromatic amines is 1. The highest BCUT2D eigenvalue weighted by Gasteiger charge is 2.29. The minimum Gasteiger partial charge on any atom is -0.322 e. The van der Waals surface area contributed by atoms with Gasteiger partial charge in [0.1, 0.15) is 5.78 Å². The topological polar surface area (TPSA) is 70.2 Å². The molecule has 0 aliphatic heterocycles. The molecule has 1 atom stereocenters. The van der Waals surface area contributed by atoms with Gasteiger partial charge in [-0.2, -0.15) is 0 Å². The van der Waals surface area contributed by atoms with Crippen LogP contribution in [0.3, 0.4) is 0 Å². The number of nitrogens with zero attached hydrogens (tertiary/aromatic N) is 1. The second-order valence-electron chi connectivity index (χ2n) is 9.85. The molecule has 1 aromatic heterocycles. The summed E-state index contributed by atoms with van der Waals surface area (Å²) in [6, 6.07) is 18.9. The zero-order chi connectivity index (χ0) is 25.2. The third-order valence-electron chi connectivity index (χ3n) is 7.30. The SMILES string of the molecule is CN(C(=O)[C@H]1CC(=O)CC2=C(CCCc3cccc(c3)C1)Cc1ccc(=O)[nH]c12)c1ccc(Cl)cc1. The molecule has 0 saturated carbocycles. The molecular weight excluding hydrogens is 472 g/mol. The molecule has 0 fully saturated rings. The van der Waals surface area contributed by atoms with Gasteiger partial charge < -0.3 is 9.88 Å². The summed E-state index contributed by atoms with van der Waals surface area (Å²) < 4.78 is 0. The number of hydrogen-bond donors (Lipinski definition) is 1. The van der Waals surface area contributed by atoms with E-state index in [0.29, 0.717) is 11.4 Å². The number of carbonyl (C=O) groups is 2. The molecule has 2 bridgehead atoms. The molecule has 1 N–H and O–H groups in total. The Balaban J connectivity index is 1.48. The highest BCUT2D eigenvalue weighted by molar-refractivity contribution is 6.30. The molecule has 2 aliphatic rings. The highest BCUT2D eigenvalue weighted by Crippen LogP contribution is 2.36. The van der Waals surface area contributed by atoms with E-state index in [9.17, 15) is 14.4 Å². The van der Waals surface area contributed by atoms with Crippen LogP contribution in [0.1, 0.15) is 48.1 Å². The van der Waals surface area contributed by atoms with Gasteiger partial charge in [-0.3, -0.25) is 14.4 Å². The van der Waals surface area contributed by atoms with Crippen molar-refractivity contribution in [3.05, 3.63) is 104 Å². The Kier molecular flexibility index (Phi) is 6.92. The van der Waals surface area contributed by atoms with Crippen LogP contribution < -0.4 is 10.5 Å². The van der Waals surface area contributed by atoms with Crippen LogP contribution in [0.25, 0.3) is 5.57 Å². The Morgan fingerprint density at radius 3 is 2.53 bits per heavy atom. The average Bonchev–Trinajstić information content (AvgIpc) is 3.19. The number of H-pyrrole nitrogens is 1. The molecule has 5 rings (SSSR count).